The number of hydrogen-bond donors (Lipinski definition) is 0. The number of halogens is 2. The maximum atomic E-state index is 13.3. The molecule has 0 aromatic rings. The average molecular weight is 528 g/mol. The Balaban J connectivity index is 1.72. The van der Waals surface area contributed by atoms with Gasteiger partial charge in [-0.15, -0.1) is 0 Å². The van der Waals surface area contributed by atoms with Gasteiger partial charge in [-0.1, -0.05) is 57.4 Å². The van der Waals surface area contributed by atoms with E-state index in [-0.39, 0.29) is 22.4 Å². The standard InChI is InChI=1S/C23H28Br2O4/c1-13(26)29-23(19(28)20(24)25)11-8-18-16-5-4-14-12-15(27)6-9-21(14,2)17(16)7-10-22(18,23)3/h6,9,12,16-18,20H,4-5,7-8,10-11H2,1-3H3/t16-,17+,18+,21+,22+,23-/m1/s1. The fourth-order valence-corrected chi connectivity index (χ4v) is 7.98. The topological polar surface area (TPSA) is 60.4 Å². The minimum absolute atomic E-state index is 0.0811. The Morgan fingerprint density at radius 1 is 1.14 bits per heavy atom. The van der Waals surface area contributed by atoms with E-state index in [2.05, 4.69) is 51.8 Å². The van der Waals surface area contributed by atoms with Crippen LogP contribution in [0, 0.1) is 28.6 Å². The number of ketones is 2. The molecule has 0 saturated heterocycles. The highest BCUT2D eigenvalue weighted by Gasteiger charge is 2.68. The number of alkyl halides is 2. The monoisotopic (exact) mass is 526 g/mol. The van der Waals surface area contributed by atoms with Crippen molar-refractivity contribution in [2.75, 3.05) is 0 Å². The molecule has 0 aliphatic heterocycles. The minimum Gasteiger partial charge on any atom is -0.451 e. The predicted molar refractivity (Wildman–Crippen MR) is 118 cm³/mol. The fraction of sp³-hybridized carbons (Fsp3) is 0.696. The predicted octanol–water partition coefficient (Wildman–Crippen LogP) is 5.28. The molecule has 0 unspecified atom stereocenters. The molecule has 0 bridgehead atoms. The molecule has 4 rings (SSSR count). The van der Waals surface area contributed by atoms with Crippen LogP contribution in [0.4, 0.5) is 0 Å². The Kier molecular flexibility index (Phi) is 5.30. The van der Waals surface area contributed by atoms with Gasteiger partial charge in [0, 0.05) is 17.8 Å². The molecule has 0 aromatic heterocycles. The quantitative estimate of drug-likeness (QED) is 0.370. The zero-order valence-corrected chi connectivity index (χ0v) is 20.3. The maximum Gasteiger partial charge on any atom is 0.303 e. The Morgan fingerprint density at radius 2 is 1.83 bits per heavy atom. The summed E-state index contributed by atoms with van der Waals surface area (Å²) in [4.78, 5) is 37.3. The third-order valence-corrected chi connectivity index (χ3v) is 9.42. The molecular formula is C23H28Br2O4. The molecule has 0 N–H and O–H groups in total. The summed E-state index contributed by atoms with van der Waals surface area (Å²) in [6.45, 7) is 5.84. The van der Waals surface area contributed by atoms with Gasteiger partial charge in [0.15, 0.2) is 11.4 Å². The molecule has 29 heavy (non-hydrogen) atoms. The van der Waals surface area contributed by atoms with Gasteiger partial charge in [-0.05, 0) is 68.4 Å². The van der Waals surface area contributed by atoms with Gasteiger partial charge in [0.2, 0.25) is 5.78 Å². The zero-order valence-electron chi connectivity index (χ0n) is 17.2. The summed E-state index contributed by atoms with van der Waals surface area (Å²) in [7, 11) is 0. The molecule has 158 valence electrons. The van der Waals surface area contributed by atoms with Crippen LogP contribution in [0.5, 0.6) is 0 Å². The second-order valence-electron chi connectivity index (χ2n) is 9.68. The first-order valence-electron chi connectivity index (χ1n) is 10.5. The molecule has 0 spiro atoms. The summed E-state index contributed by atoms with van der Waals surface area (Å²) >= 11 is 6.74. The molecule has 0 radical (unpaired) electrons. The fourth-order valence-electron chi connectivity index (χ4n) is 7.24. The summed E-state index contributed by atoms with van der Waals surface area (Å²) in [5, 5.41) is 0. The second-order valence-corrected chi connectivity index (χ2v) is 12.7. The summed E-state index contributed by atoms with van der Waals surface area (Å²) in [5.74, 6) is 0.866. The van der Waals surface area contributed by atoms with Crippen molar-refractivity contribution < 1.29 is 19.1 Å². The molecule has 0 aromatic carbocycles. The SMILES string of the molecule is CC(=O)O[C@@]1(C(=O)C(Br)Br)CC[C@H]2[C@@H]3CCC4=CC(=O)C=C[C@]4(C)[C@H]3CC[C@@]21C. The lowest BCUT2D eigenvalue weighted by Gasteiger charge is -2.58. The number of hydrogen-bond acceptors (Lipinski definition) is 4. The van der Waals surface area contributed by atoms with Crippen LogP contribution in [-0.2, 0) is 19.1 Å². The van der Waals surface area contributed by atoms with Gasteiger partial charge >= 0.3 is 5.97 Å². The van der Waals surface area contributed by atoms with Crippen LogP contribution in [-0.4, -0.2) is 26.9 Å². The number of esters is 1. The van der Waals surface area contributed by atoms with E-state index in [0.717, 1.165) is 32.1 Å². The molecule has 4 aliphatic rings. The molecule has 6 atom stereocenters. The van der Waals surface area contributed by atoms with Gasteiger partial charge in [0.05, 0.1) is 0 Å². The normalized spacial score (nSPS) is 43.3. The molecule has 3 saturated carbocycles. The molecule has 6 heteroatoms. The smallest absolute Gasteiger partial charge is 0.303 e. The van der Waals surface area contributed by atoms with Gasteiger partial charge in [-0.25, -0.2) is 0 Å². The van der Waals surface area contributed by atoms with Crippen LogP contribution in [0.25, 0.3) is 0 Å². The van der Waals surface area contributed by atoms with E-state index in [9.17, 15) is 14.4 Å². The summed E-state index contributed by atoms with van der Waals surface area (Å²) in [6.07, 6.45) is 10.9. The molecule has 0 heterocycles. The number of carbonyl (C=O) groups excluding carboxylic acids is 3. The highest BCUT2D eigenvalue weighted by atomic mass is 79.9. The number of Topliss-reactive ketones (excluding diaryl/α,β-unsaturated/α-hetero) is 1. The minimum atomic E-state index is -1.08. The van der Waals surface area contributed by atoms with Gasteiger partial charge < -0.3 is 4.74 Å². The zero-order chi connectivity index (χ0) is 21.2. The van der Waals surface area contributed by atoms with Crippen molar-refractivity contribution >= 4 is 49.4 Å². The Labute approximate surface area is 189 Å². The number of allylic oxidation sites excluding steroid dienone is 4. The number of rotatable bonds is 3. The largest absolute Gasteiger partial charge is 0.451 e. The van der Waals surface area contributed by atoms with Crippen molar-refractivity contribution in [2.45, 2.75) is 68.6 Å². The van der Waals surface area contributed by atoms with Crippen LogP contribution < -0.4 is 0 Å². The van der Waals surface area contributed by atoms with Crippen molar-refractivity contribution in [3.05, 3.63) is 23.8 Å². The van der Waals surface area contributed by atoms with Crippen LogP contribution in [0.2, 0.25) is 0 Å². The number of fused-ring (bicyclic) bond motifs is 5. The van der Waals surface area contributed by atoms with E-state index < -0.39 is 15.3 Å². The molecular weight excluding hydrogens is 500 g/mol. The van der Waals surface area contributed by atoms with E-state index in [1.807, 2.05) is 6.08 Å². The van der Waals surface area contributed by atoms with E-state index >= 15 is 0 Å². The van der Waals surface area contributed by atoms with Crippen LogP contribution >= 0.6 is 31.9 Å². The van der Waals surface area contributed by atoms with E-state index in [1.54, 1.807) is 6.08 Å². The van der Waals surface area contributed by atoms with E-state index in [4.69, 9.17) is 4.74 Å². The van der Waals surface area contributed by atoms with E-state index in [1.165, 1.54) is 12.5 Å². The first-order chi connectivity index (χ1) is 13.5. The number of ether oxygens (including phenoxy) is 1. The van der Waals surface area contributed by atoms with Crippen molar-refractivity contribution in [3.63, 3.8) is 0 Å². The summed E-state index contributed by atoms with van der Waals surface area (Å²) < 4.78 is 5.37. The first-order valence-corrected chi connectivity index (χ1v) is 12.3. The van der Waals surface area contributed by atoms with Crippen LogP contribution in [0.1, 0.15) is 59.3 Å². The highest BCUT2D eigenvalue weighted by Crippen LogP contribution is 2.68. The van der Waals surface area contributed by atoms with Crippen molar-refractivity contribution in [1.29, 1.82) is 0 Å². The van der Waals surface area contributed by atoms with Crippen molar-refractivity contribution in [1.82, 2.24) is 0 Å². The summed E-state index contributed by atoms with van der Waals surface area (Å²) in [6, 6.07) is 0. The lowest BCUT2D eigenvalue weighted by molar-refractivity contribution is -0.186. The summed E-state index contributed by atoms with van der Waals surface area (Å²) in [5.41, 5.74) is -0.275. The lowest BCUT2D eigenvalue weighted by Crippen LogP contribution is -2.59. The van der Waals surface area contributed by atoms with Crippen LogP contribution in [0.3, 0.4) is 0 Å². The van der Waals surface area contributed by atoms with Gasteiger partial charge in [0.1, 0.15) is 3.74 Å². The average Bonchev–Trinajstić information content (AvgIpc) is 2.94. The Morgan fingerprint density at radius 3 is 2.48 bits per heavy atom. The maximum absolute atomic E-state index is 13.3. The third kappa shape index (κ3) is 2.99. The Hall–Kier alpha value is -0.750. The van der Waals surface area contributed by atoms with Crippen LogP contribution in [0.15, 0.2) is 23.8 Å². The molecule has 3 fully saturated rings. The van der Waals surface area contributed by atoms with Gasteiger partial charge in [-0.3, -0.25) is 14.4 Å². The lowest BCUT2D eigenvalue weighted by atomic mass is 9.47. The second kappa shape index (κ2) is 7.15. The molecule has 4 nitrogen and oxygen atoms in total. The van der Waals surface area contributed by atoms with Crippen molar-refractivity contribution in [2.24, 2.45) is 28.6 Å². The van der Waals surface area contributed by atoms with Crippen molar-refractivity contribution in [3.8, 4) is 0 Å². The van der Waals surface area contributed by atoms with Gasteiger partial charge in [0.25, 0.3) is 0 Å². The third-order valence-electron chi connectivity index (χ3n) is 8.59. The molecule has 4 aliphatic carbocycles. The van der Waals surface area contributed by atoms with Gasteiger partial charge in [-0.2, -0.15) is 0 Å². The van der Waals surface area contributed by atoms with E-state index in [0.29, 0.717) is 24.2 Å². The number of carbonyl (C=O) groups is 3. The first kappa shape index (κ1) is 21.5. The molecule has 0 amide bonds. The Bertz CT molecular complexity index is 831. The highest BCUT2D eigenvalue weighted by molar-refractivity contribution is 9.25.